The van der Waals surface area contributed by atoms with Gasteiger partial charge in [0, 0.05) is 24.7 Å². The normalized spacial score (nSPS) is 22.1. The molecule has 0 aromatic heterocycles. The van der Waals surface area contributed by atoms with Gasteiger partial charge in [0.2, 0.25) is 0 Å². The lowest BCUT2D eigenvalue weighted by Gasteiger charge is -2.39. The maximum atomic E-state index is 10.2. The average molecular weight is 360 g/mol. The number of fused-ring (bicyclic) bond motifs is 1. The quantitative estimate of drug-likeness (QED) is 0.553. The zero-order chi connectivity index (χ0) is 18.8. The van der Waals surface area contributed by atoms with E-state index in [0.717, 1.165) is 16.7 Å². The van der Waals surface area contributed by atoms with Gasteiger partial charge >= 0.3 is 0 Å². The Bertz CT molecular complexity index is 788. The highest BCUT2D eigenvalue weighted by Crippen LogP contribution is 2.47. The number of aliphatic hydroxyl groups is 3. The second-order valence-electron chi connectivity index (χ2n) is 6.74. The summed E-state index contributed by atoms with van der Waals surface area (Å²) in [6.45, 7) is -0.507. The van der Waals surface area contributed by atoms with Gasteiger partial charge in [-0.05, 0) is 59.2 Å². The first-order valence-electron chi connectivity index (χ1n) is 8.58. The number of benzene rings is 2. The first-order chi connectivity index (χ1) is 12.5. The molecule has 0 fully saturated rings. The van der Waals surface area contributed by atoms with Gasteiger partial charge in [0.1, 0.15) is 5.75 Å². The molecular formula is C20H24O6. The zero-order valence-corrected chi connectivity index (χ0v) is 14.6. The van der Waals surface area contributed by atoms with Crippen molar-refractivity contribution < 1.29 is 30.3 Å². The molecule has 0 bridgehead atoms. The van der Waals surface area contributed by atoms with Crippen molar-refractivity contribution in [2.24, 2.45) is 11.8 Å². The van der Waals surface area contributed by atoms with Gasteiger partial charge in [0.15, 0.2) is 11.5 Å². The molecule has 1 aliphatic rings. The van der Waals surface area contributed by atoms with Crippen LogP contribution < -0.4 is 4.74 Å². The van der Waals surface area contributed by atoms with Crippen molar-refractivity contribution in [2.45, 2.75) is 18.9 Å². The Morgan fingerprint density at radius 3 is 2.38 bits per heavy atom. The van der Waals surface area contributed by atoms with E-state index in [1.165, 1.54) is 13.2 Å². The Morgan fingerprint density at radius 2 is 1.77 bits per heavy atom. The molecule has 3 unspecified atom stereocenters. The maximum Gasteiger partial charge on any atom is 0.160 e. The zero-order valence-electron chi connectivity index (χ0n) is 14.6. The Morgan fingerprint density at radius 1 is 1.00 bits per heavy atom. The molecule has 0 saturated carbocycles. The third kappa shape index (κ3) is 3.11. The van der Waals surface area contributed by atoms with Crippen LogP contribution in [-0.4, -0.2) is 45.9 Å². The Labute approximate surface area is 151 Å². The van der Waals surface area contributed by atoms with E-state index in [0.29, 0.717) is 17.7 Å². The van der Waals surface area contributed by atoms with E-state index in [1.54, 1.807) is 24.3 Å². The van der Waals surface area contributed by atoms with Crippen LogP contribution in [0.25, 0.3) is 0 Å². The highest BCUT2D eigenvalue weighted by atomic mass is 16.5. The maximum absolute atomic E-state index is 10.2. The summed E-state index contributed by atoms with van der Waals surface area (Å²) in [5, 5.41) is 49.4. The minimum Gasteiger partial charge on any atom is -0.508 e. The third-order valence-corrected chi connectivity index (χ3v) is 5.37. The molecule has 26 heavy (non-hydrogen) atoms. The highest BCUT2D eigenvalue weighted by Gasteiger charge is 2.38. The Balaban J connectivity index is 2.19. The Hall–Kier alpha value is -2.28. The van der Waals surface area contributed by atoms with E-state index in [-0.39, 0.29) is 49.1 Å². The van der Waals surface area contributed by atoms with Gasteiger partial charge in [-0.25, -0.2) is 0 Å². The minimum absolute atomic E-state index is 0.00381. The van der Waals surface area contributed by atoms with Crippen LogP contribution in [0.15, 0.2) is 30.3 Å². The van der Waals surface area contributed by atoms with Crippen LogP contribution in [0.3, 0.4) is 0 Å². The lowest BCUT2D eigenvalue weighted by Crippen LogP contribution is -2.35. The SMILES string of the molecule is COc1cc2c(cc1O)C(c1ccc(O)c(CO)c1)C(CO)C(CO)C2. The van der Waals surface area contributed by atoms with E-state index in [1.807, 2.05) is 0 Å². The van der Waals surface area contributed by atoms with E-state index in [4.69, 9.17) is 4.74 Å². The van der Waals surface area contributed by atoms with Crippen molar-refractivity contribution in [1.82, 2.24) is 0 Å². The van der Waals surface area contributed by atoms with Crippen molar-refractivity contribution >= 4 is 0 Å². The Kier molecular flexibility index (Phi) is 5.36. The van der Waals surface area contributed by atoms with Gasteiger partial charge in [-0.3, -0.25) is 0 Å². The molecule has 0 saturated heterocycles. The summed E-state index contributed by atoms with van der Waals surface area (Å²) in [5.41, 5.74) is 2.98. The van der Waals surface area contributed by atoms with Crippen LogP contribution in [-0.2, 0) is 13.0 Å². The van der Waals surface area contributed by atoms with Crippen molar-refractivity contribution in [3.8, 4) is 17.2 Å². The smallest absolute Gasteiger partial charge is 0.160 e. The summed E-state index contributed by atoms with van der Waals surface area (Å²) < 4.78 is 5.20. The van der Waals surface area contributed by atoms with Crippen molar-refractivity contribution in [3.05, 3.63) is 52.6 Å². The minimum atomic E-state index is -0.305. The molecule has 0 amide bonds. The fourth-order valence-electron chi connectivity index (χ4n) is 4.00. The summed E-state index contributed by atoms with van der Waals surface area (Å²) in [5.74, 6) is -0.317. The molecule has 5 N–H and O–H groups in total. The van der Waals surface area contributed by atoms with Crippen LogP contribution in [0.4, 0.5) is 0 Å². The molecule has 3 rings (SSSR count). The van der Waals surface area contributed by atoms with Gasteiger partial charge in [0.05, 0.1) is 13.7 Å². The topological polar surface area (TPSA) is 110 Å². The number of methoxy groups -OCH3 is 1. The predicted molar refractivity (Wildman–Crippen MR) is 95.4 cm³/mol. The third-order valence-electron chi connectivity index (χ3n) is 5.37. The number of hydrogen-bond acceptors (Lipinski definition) is 6. The monoisotopic (exact) mass is 360 g/mol. The number of ether oxygens (including phenoxy) is 1. The van der Waals surface area contributed by atoms with Crippen LogP contribution in [0.2, 0.25) is 0 Å². The van der Waals surface area contributed by atoms with Crippen molar-refractivity contribution in [2.75, 3.05) is 20.3 Å². The van der Waals surface area contributed by atoms with Gasteiger partial charge in [-0.2, -0.15) is 0 Å². The molecule has 0 radical (unpaired) electrons. The molecule has 0 spiro atoms. The van der Waals surface area contributed by atoms with E-state index in [9.17, 15) is 25.5 Å². The fourth-order valence-corrected chi connectivity index (χ4v) is 4.00. The summed E-state index contributed by atoms with van der Waals surface area (Å²) >= 11 is 0. The van der Waals surface area contributed by atoms with Crippen molar-refractivity contribution in [3.63, 3.8) is 0 Å². The van der Waals surface area contributed by atoms with E-state index >= 15 is 0 Å². The second-order valence-corrected chi connectivity index (χ2v) is 6.74. The van der Waals surface area contributed by atoms with Crippen LogP contribution in [0, 0.1) is 11.8 Å². The van der Waals surface area contributed by atoms with Crippen LogP contribution in [0.5, 0.6) is 17.2 Å². The molecule has 2 aromatic rings. The lowest BCUT2D eigenvalue weighted by molar-refractivity contribution is 0.101. The van der Waals surface area contributed by atoms with Gasteiger partial charge in [0.25, 0.3) is 0 Å². The summed E-state index contributed by atoms with van der Waals surface area (Å²) in [6.07, 6.45) is 0.565. The lowest BCUT2D eigenvalue weighted by atomic mass is 9.66. The molecule has 6 heteroatoms. The summed E-state index contributed by atoms with van der Waals surface area (Å²) in [6, 6.07) is 8.36. The number of phenolic OH excluding ortho intramolecular Hbond substituents is 1. The van der Waals surface area contributed by atoms with E-state index < -0.39 is 0 Å². The number of aromatic hydroxyl groups is 2. The number of aliphatic hydroxyl groups excluding tert-OH is 3. The van der Waals surface area contributed by atoms with Crippen molar-refractivity contribution in [1.29, 1.82) is 0 Å². The summed E-state index contributed by atoms with van der Waals surface area (Å²) in [4.78, 5) is 0. The molecule has 3 atom stereocenters. The number of phenols is 2. The molecule has 6 nitrogen and oxygen atoms in total. The first kappa shape index (κ1) is 18.5. The predicted octanol–water partition coefficient (Wildman–Crippen LogP) is 1.50. The van der Waals surface area contributed by atoms with Gasteiger partial charge < -0.3 is 30.3 Å². The molecule has 1 aliphatic carbocycles. The summed E-state index contributed by atoms with van der Waals surface area (Å²) in [7, 11) is 1.48. The number of hydrogen-bond donors (Lipinski definition) is 5. The van der Waals surface area contributed by atoms with Crippen LogP contribution >= 0.6 is 0 Å². The molecule has 2 aromatic carbocycles. The van der Waals surface area contributed by atoms with Crippen LogP contribution in [0.1, 0.15) is 28.2 Å². The molecule has 140 valence electrons. The molecule has 0 heterocycles. The van der Waals surface area contributed by atoms with Gasteiger partial charge in [-0.1, -0.05) is 6.07 Å². The largest absolute Gasteiger partial charge is 0.508 e. The molecular weight excluding hydrogens is 336 g/mol. The average Bonchev–Trinajstić information content (AvgIpc) is 2.66. The first-order valence-corrected chi connectivity index (χ1v) is 8.58. The van der Waals surface area contributed by atoms with Gasteiger partial charge in [-0.15, -0.1) is 0 Å². The highest BCUT2D eigenvalue weighted by molar-refractivity contribution is 5.52. The second kappa shape index (κ2) is 7.53. The molecule has 0 aliphatic heterocycles. The standard InChI is InChI=1S/C20H24O6/c1-26-19-6-12-5-13(8-21)16(10-23)20(15(12)7-18(19)25)11-2-3-17(24)14(4-11)9-22/h2-4,6-7,13,16,20-25H,5,8-10H2,1H3. The van der Waals surface area contributed by atoms with E-state index in [2.05, 4.69) is 0 Å². The fraction of sp³-hybridized carbons (Fsp3) is 0.400. The number of rotatable bonds is 5.